The van der Waals surface area contributed by atoms with Gasteiger partial charge in [-0.15, -0.1) is 0 Å². The van der Waals surface area contributed by atoms with E-state index in [0.717, 1.165) is 22.3 Å². The van der Waals surface area contributed by atoms with Crippen molar-refractivity contribution in [3.63, 3.8) is 0 Å². The van der Waals surface area contributed by atoms with Crippen LogP contribution in [0.3, 0.4) is 0 Å². The number of hydrogen-bond donors (Lipinski definition) is 2. The summed E-state index contributed by atoms with van der Waals surface area (Å²) in [6.45, 7) is 0. The lowest BCUT2D eigenvalue weighted by atomic mass is 10.0. The normalized spacial score (nSPS) is 10.3. The standard InChI is InChI=1S/C19H13NO4/c21-18(22)14-5-1-12(2-6-14)16-9-17(11-20-10-16)13-3-7-15(8-4-13)19(23)24/h1-11H,(H,21,22)(H,23,24). The zero-order chi connectivity index (χ0) is 17.1. The molecule has 1 heterocycles. The van der Waals surface area contributed by atoms with Crippen molar-refractivity contribution in [1.82, 2.24) is 4.98 Å². The summed E-state index contributed by atoms with van der Waals surface area (Å²) < 4.78 is 0. The minimum Gasteiger partial charge on any atom is -0.478 e. The van der Waals surface area contributed by atoms with Gasteiger partial charge in [0.15, 0.2) is 0 Å². The van der Waals surface area contributed by atoms with Crippen LogP contribution in [0.5, 0.6) is 0 Å². The number of pyridine rings is 1. The van der Waals surface area contributed by atoms with Crippen molar-refractivity contribution in [2.75, 3.05) is 0 Å². The molecular formula is C19H13NO4. The fourth-order valence-electron chi connectivity index (χ4n) is 2.37. The molecule has 2 N–H and O–H groups in total. The maximum atomic E-state index is 10.9. The number of nitrogens with zero attached hydrogens (tertiary/aromatic N) is 1. The van der Waals surface area contributed by atoms with Crippen molar-refractivity contribution in [3.8, 4) is 22.3 Å². The van der Waals surface area contributed by atoms with Gasteiger partial charge in [0.05, 0.1) is 11.1 Å². The Balaban J connectivity index is 1.94. The number of carbonyl (C=O) groups is 2. The lowest BCUT2D eigenvalue weighted by Gasteiger charge is -2.06. The zero-order valence-electron chi connectivity index (χ0n) is 12.5. The van der Waals surface area contributed by atoms with Crippen LogP contribution < -0.4 is 0 Å². The highest BCUT2D eigenvalue weighted by atomic mass is 16.4. The molecule has 118 valence electrons. The first kappa shape index (κ1) is 15.4. The lowest BCUT2D eigenvalue weighted by molar-refractivity contribution is 0.0686. The minimum atomic E-state index is -0.966. The third-order valence-electron chi connectivity index (χ3n) is 3.67. The van der Waals surface area contributed by atoms with Gasteiger partial charge in [-0.1, -0.05) is 24.3 Å². The lowest BCUT2D eigenvalue weighted by Crippen LogP contribution is -1.95. The average Bonchev–Trinajstić information content (AvgIpc) is 2.62. The largest absolute Gasteiger partial charge is 0.478 e. The van der Waals surface area contributed by atoms with Gasteiger partial charge in [-0.3, -0.25) is 4.98 Å². The van der Waals surface area contributed by atoms with E-state index in [1.807, 2.05) is 6.07 Å². The van der Waals surface area contributed by atoms with Crippen LogP contribution in [0, 0.1) is 0 Å². The van der Waals surface area contributed by atoms with Crippen LogP contribution in [0.1, 0.15) is 20.7 Å². The Kier molecular flexibility index (Phi) is 4.07. The fraction of sp³-hybridized carbons (Fsp3) is 0. The molecular weight excluding hydrogens is 306 g/mol. The van der Waals surface area contributed by atoms with Crippen molar-refractivity contribution in [2.24, 2.45) is 0 Å². The van der Waals surface area contributed by atoms with Crippen LogP contribution in [-0.4, -0.2) is 27.1 Å². The fourth-order valence-corrected chi connectivity index (χ4v) is 2.37. The van der Waals surface area contributed by atoms with Gasteiger partial charge in [-0.2, -0.15) is 0 Å². The van der Waals surface area contributed by atoms with Crippen LogP contribution in [0.2, 0.25) is 0 Å². The summed E-state index contributed by atoms with van der Waals surface area (Å²) in [6.07, 6.45) is 3.40. The summed E-state index contributed by atoms with van der Waals surface area (Å²) in [4.78, 5) is 26.0. The smallest absolute Gasteiger partial charge is 0.335 e. The van der Waals surface area contributed by atoms with Crippen molar-refractivity contribution in [1.29, 1.82) is 0 Å². The average molecular weight is 319 g/mol. The second-order valence-corrected chi connectivity index (χ2v) is 5.23. The Morgan fingerprint density at radius 3 is 1.33 bits per heavy atom. The number of aromatic nitrogens is 1. The monoisotopic (exact) mass is 319 g/mol. The SMILES string of the molecule is O=C(O)c1ccc(-c2cncc(-c3ccc(C(=O)O)cc3)c2)cc1. The molecule has 1 aromatic heterocycles. The first-order valence-corrected chi connectivity index (χ1v) is 7.17. The second kappa shape index (κ2) is 6.34. The van der Waals surface area contributed by atoms with Gasteiger partial charge in [0.2, 0.25) is 0 Å². The van der Waals surface area contributed by atoms with E-state index in [-0.39, 0.29) is 11.1 Å². The highest BCUT2D eigenvalue weighted by molar-refractivity contribution is 5.89. The molecule has 5 heteroatoms. The molecule has 0 aliphatic rings. The van der Waals surface area contributed by atoms with E-state index < -0.39 is 11.9 Å². The molecule has 0 spiro atoms. The van der Waals surface area contributed by atoms with Crippen LogP contribution in [0.15, 0.2) is 67.0 Å². The Morgan fingerprint density at radius 1 is 0.625 bits per heavy atom. The van der Waals surface area contributed by atoms with Crippen LogP contribution in [-0.2, 0) is 0 Å². The van der Waals surface area contributed by atoms with Crippen molar-refractivity contribution < 1.29 is 19.8 Å². The van der Waals surface area contributed by atoms with E-state index in [0.29, 0.717) is 0 Å². The quantitative estimate of drug-likeness (QED) is 0.763. The Labute approximate surface area is 137 Å². The van der Waals surface area contributed by atoms with Crippen molar-refractivity contribution in [2.45, 2.75) is 0 Å². The maximum absolute atomic E-state index is 10.9. The highest BCUT2D eigenvalue weighted by Gasteiger charge is 2.07. The van der Waals surface area contributed by atoms with Gasteiger partial charge in [-0.05, 0) is 41.5 Å². The summed E-state index contributed by atoms with van der Waals surface area (Å²) in [6, 6.07) is 15.1. The Bertz CT molecular complexity index is 827. The molecule has 2 aromatic carbocycles. The molecule has 3 aromatic rings. The molecule has 3 rings (SSSR count). The van der Waals surface area contributed by atoms with E-state index in [2.05, 4.69) is 4.98 Å². The van der Waals surface area contributed by atoms with Gasteiger partial charge in [0.25, 0.3) is 0 Å². The van der Waals surface area contributed by atoms with Gasteiger partial charge in [-0.25, -0.2) is 9.59 Å². The molecule has 0 amide bonds. The van der Waals surface area contributed by atoms with Crippen LogP contribution in [0.25, 0.3) is 22.3 Å². The molecule has 0 saturated heterocycles. The first-order chi connectivity index (χ1) is 11.5. The molecule has 24 heavy (non-hydrogen) atoms. The Hall–Kier alpha value is -3.47. The van der Waals surface area contributed by atoms with Gasteiger partial charge >= 0.3 is 11.9 Å². The minimum absolute atomic E-state index is 0.229. The van der Waals surface area contributed by atoms with E-state index in [1.165, 1.54) is 0 Å². The summed E-state index contributed by atoms with van der Waals surface area (Å²) in [5, 5.41) is 17.9. The topological polar surface area (TPSA) is 87.5 Å². The number of hydrogen-bond acceptors (Lipinski definition) is 3. The molecule has 5 nitrogen and oxygen atoms in total. The third-order valence-corrected chi connectivity index (χ3v) is 3.67. The number of rotatable bonds is 4. The van der Waals surface area contributed by atoms with E-state index in [4.69, 9.17) is 10.2 Å². The predicted molar refractivity (Wildman–Crippen MR) is 89.0 cm³/mol. The second-order valence-electron chi connectivity index (χ2n) is 5.23. The van der Waals surface area contributed by atoms with Gasteiger partial charge < -0.3 is 10.2 Å². The molecule has 0 aliphatic carbocycles. The molecule has 0 saturated carbocycles. The molecule has 0 unspecified atom stereocenters. The summed E-state index contributed by atoms with van der Waals surface area (Å²) in [5.74, 6) is -1.93. The van der Waals surface area contributed by atoms with E-state index in [1.54, 1.807) is 60.9 Å². The van der Waals surface area contributed by atoms with E-state index >= 15 is 0 Å². The number of benzene rings is 2. The summed E-state index contributed by atoms with van der Waals surface area (Å²) in [7, 11) is 0. The predicted octanol–water partition coefficient (Wildman–Crippen LogP) is 3.81. The van der Waals surface area contributed by atoms with Gasteiger partial charge in [0, 0.05) is 23.5 Å². The van der Waals surface area contributed by atoms with E-state index in [9.17, 15) is 9.59 Å². The van der Waals surface area contributed by atoms with Crippen molar-refractivity contribution >= 4 is 11.9 Å². The number of carboxylic acids is 2. The van der Waals surface area contributed by atoms with Crippen LogP contribution in [0.4, 0.5) is 0 Å². The summed E-state index contributed by atoms with van der Waals surface area (Å²) >= 11 is 0. The van der Waals surface area contributed by atoms with Crippen LogP contribution >= 0.6 is 0 Å². The third kappa shape index (κ3) is 3.15. The number of carboxylic acid groups (broad SMARTS) is 2. The highest BCUT2D eigenvalue weighted by Crippen LogP contribution is 2.25. The molecule has 0 aliphatic heterocycles. The summed E-state index contributed by atoms with van der Waals surface area (Å²) in [5.41, 5.74) is 3.88. The Morgan fingerprint density at radius 2 is 1.00 bits per heavy atom. The van der Waals surface area contributed by atoms with Gasteiger partial charge in [0.1, 0.15) is 0 Å². The first-order valence-electron chi connectivity index (χ1n) is 7.17. The number of aromatic carboxylic acids is 2. The molecule has 0 fully saturated rings. The van der Waals surface area contributed by atoms with Crippen molar-refractivity contribution in [3.05, 3.63) is 78.1 Å². The molecule has 0 atom stereocenters. The molecule has 0 radical (unpaired) electrons. The molecule has 0 bridgehead atoms. The zero-order valence-corrected chi connectivity index (χ0v) is 12.5. The maximum Gasteiger partial charge on any atom is 0.335 e.